The zero-order valence-electron chi connectivity index (χ0n) is 21.9. The summed E-state index contributed by atoms with van der Waals surface area (Å²) in [5.74, 6) is -0.188. The summed E-state index contributed by atoms with van der Waals surface area (Å²) < 4.78 is 0. The highest BCUT2D eigenvalue weighted by atomic mass is 16.2. The molecule has 0 heterocycles. The number of rotatable bonds is 8. The van der Waals surface area contributed by atoms with Crippen LogP contribution in [0, 0.1) is 20.8 Å². The Bertz CT molecular complexity index is 1140. The van der Waals surface area contributed by atoms with Crippen molar-refractivity contribution in [2.24, 2.45) is 0 Å². The van der Waals surface area contributed by atoms with E-state index in [2.05, 4.69) is 23.5 Å². The van der Waals surface area contributed by atoms with Crippen molar-refractivity contribution < 1.29 is 9.59 Å². The molecule has 4 heteroatoms. The molecule has 4 nitrogen and oxygen atoms in total. The number of amides is 2. The Balaban J connectivity index is 2.01. The van der Waals surface area contributed by atoms with Gasteiger partial charge >= 0.3 is 0 Å². The zero-order chi connectivity index (χ0) is 25.6. The molecule has 1 N–H and O–H groups in total. The van der Waals surface area contributed by atoms with Gasteiger partial charge in [0.2, 0.25) is 11.8 Å². The fraction of sp³-hybridized carbons (Fsp3) is 0.355. The predicted octanol–water partition coefficient (Wildman–Crippen LogP) is 5.71. The average Bonchev–Trinajstić information content (AvgIpc) is 2.79. The number of nitrogens with zero attached hydrogens (tertiary/aromatic N) is 1. The molecule has 35 heavy (non-hydrogen) atoms. The quantitative estimate of drug-likeness (QED) is 0.458. The molecule has 0 unspecified atom stereocenters. The first-order valence-electron chi connectivity index (χ1n) is 12.3. The molecule has 1 atom stereocenters. The number of nitrogens with one attached hydrogen (secondary N) is 1. The Morgan fingerprint density at radius 3 is 2.09 bits per heavy atom. The molecule has 3 aromatic carbocycles. The van der Waals surface area contributed by atoms with Crippen molar-refractivity contribution in [2.45, 2.75) is 72.5 Å². The van der Waals surface area contributed by atoms with Gasteiger partial charge in [-0.3, -0.25) is 9.59 Å². The molecule has 0 saturated carbocycles. The Morgan fingerprint density at radius 1 is 0.829 bits per heavy atom. The van der Waals surface area contributed by atoms with Crippen molar-refractivity contribution in [2.75, 3.05) is 0 Å². The van der Waals surface area contributed by atoms with Gasteiger partial charge in [-0.05, 0) is 63.8 Å². The second kappa shape index (κ2) is 11.4. The van der Waals surface area contributed by atoms with E-state index in [0.717, 1.165) is 33.4 Å². The lowest BCUT2D eigenvalue weighted by Crippen LogP contribution is -2.54. The largest absolute Gasteiger partial charge is 0.350 e. The fourth-order valence-corrected chi connectivity index (χ4v) is 4.15. The van der Waals surface area contributed by atoms with Crippen molar-refractivity contribution in [3.05, 3.63) is 106 Å². The molecule has 0 radical (unpaired) electrons. The van der Waals surface area contributed by atoms with E-state index in [0.29, 0.717) is 13.0 Å². The van der Waals surface area contributed by atoms with Crippen LogP contribution in [0.15, 0.2) is 72.8 Å². The van der Waals surface area contributed by atoms with Gasteiger partial charge in [0.25, 0.3) is 0 Å². The molecule has 0 aliphatic heterocycles. The van der Waals surface area contributed by atoms with Crippen LogP contribution in [0.3, 0.4) is 0 Å². The van der Waals surface area contributed by atoms with Gasteiger partial charge in [0.05, 0.1) is 6.42 Å². The van der Waals surface area contributed by atoms with E-state index in [4.69, 9.17) is 0 Å². The van der Waals surface area contributed by atoms with Crippen LogP contribution in [0.1, 0.15) is 54.2 Å². The van der Waals surface area contributed by atoms with Gasteiger partial charge < -0.3 is 10.2 Å². The first-order valence-corrected chi connectivity index (χ1v) is 12.3. The van der Waals surface area contributed by atoms with Crippen LogP contribution in [0.2, 0.25) is 0 Å². The van der Waals surface area contributed by atoms with Crippen LogP contribution >= 0.6 is 0 Å². The molecule has 0 saturated heterocycles. The number of benzene rings is 3. The summed E-state index contributed by atoms with van der Waals surface area (Å²) in [7, 11) is 0. The van der Waals surface area contributed by atoms with Crippen molar-refractivity contribution in [1.82, 2.24) is 10.2 Å². The molecular weight excluding hydrogens is 432 g/mol. The summed E-state index contributed by atoms with van der Waals surface area (Å²) in [5.41, 5.74) is 5.99. The van der Waals surface area contributed by atoms with Crippen LogP contribution in [-0.4, -0.2) is 28.3 Å². The van der Waals surface area contributed by atoms with Gasteiger partial charge in [-0.2, -0.15) is 0 Å². The van der Waals surface area contributed by atoms with Crippen molar-refractivity contribution >= 4 is 11.8 Å². The lowest BCUT2D eigenvalue weighted by Gasteiger charge is -2.34. The smallest absolute Gasteiger partial charge is 0.243 e. The maximum absolute atomic E-state index is 13.9. The summed E-state index contributed by atoms with van der Waals surface area (Å²) in [6.07, 6.45) is 0.709. The zero-order valence-corrected chi connectivity index (χ0v) is 21.9. The molecule has 0 spiro atoms. The van der Waals surface area contributed by atoms with Crippen molar-refractivity contribution in [3.63, 3.8) is 0 Å². The first kappa shape index (κ1) is 26.2. The predicted molar refractivity (Wildman–Crippen MR) is 143 cm³/mol. The first-order chi connectivity index (χ1) is 16.5. The molecular formula is C31H38N2O2. The number of hydrogen-bond donors (Lipinski definition) is 1. The van der Waals surface area contributed by atoms with Gasteiger partial charge in [-0.15, -0.1) is 0 Å². The lowest BCUT2D eigenvalue weighted by molar-refractivity contribution is -0.141. The molecule has 3 rings (SSSR count). The Labute approximate surface area is 210 Å². The van der Waals surface area contributed by atoms with Crippen molar-refractivity contribution in [1.29, 1.82) is 0 Å². The molecule has 0 aliphatic carbocycles. The summed E-state index contributed by atoms with van der Waals surface area (Å²) in [6, 6.07) is 23.6. The highest BCUT2D eigenvalue weighted by Crippen LogP contribution is 2.19. The van der Waals surface area contributed by atoms with Gasteiger partial charge in [-0.1, -0.05) is 83.9 Å². The summed E-state index contributed by atoms with van der Waals surface area (Å²) in [6.45, 7) is 12.4. The summed E-state index contributed by atoms with van der Waals surface area (Å²) >= 11 is 0. The third-order valence-corrected chi connectivity index (χ3v) is 6.09. The Hall–Kier alpha value is -3.40. The molecule has 3 aromatic rings. The minimum atomic E-state index is -0.629. The molecule has 0 bridgehead atoms. The van der Waals surface area contributed by atoms with Crippen LogP contribution < -0.4 is 5.32 Å². The van der Waals surface area contributed by atoms with Gasteiger partial charge in [0.1, 0.15) is 6.04 Å². The van der Waals surface area contributed by atoms with Gasteiger partial charge in [0.15, 0.2) is 0 Å². The van der Waals surface area contributed by atoms with Crippen LogP contribution in [-0.2, 0) is 29.0 Å². The fourth-order valence-electron chi connectivity index (χ4n) is 4.15. The van der Waals surface area contributed by atoms with Gasteiger partial charge in [0, 0.05) is 18.5 Å². The number of hydrogen-bond acceptors (Lipinski definition) is 2. The van der Waals surface area contributed by atoms with Crippen LogP contribution in [0.4, 0.5) is 0 Å². The second-order valence-electron chi connectivity index (χ2n) is 10.6. The average molecular weight is 471 g/mol. The van der Waals surface area contributed by atoms with E-state index in [9.17, 15) is 9.59 Å². The van der Waals surface area contributed by atoms with Crippen LogP contribution in [0.5, 0.6) is 0 Å². The third kappa shape index (κ3) is 7.81. The molecule has 0 aromatic heterocycles. The highest BCUT2D eigenvalue weighted by molar-refractivity contribution is 5.89. The van der Waals surface area contributed by atoms with E-state index in [1.807, 2.05) is 96.1 Å². The highest BCUT2D eigenvalue weighted by Gasteiger charge is 2.32. The SMILES string of the molecule is Cc1ccc(CN(C(=O)Cc2cc(C)ccc2C)[C@@H](Cc2ccccc2)C(=O)NC(C)(C)C)cc1. The van der Waals surface area contributed by atoms with Crippen LogP contribution in [0.25, 0.3) is 0 Å². The second-order valence-corrected chi connectivity index (χ2v) is 10.6. The lowest BCUT2D eigenvalue weighted by atomic mass is 9.98. The molecule has 2 amide bonds. The van der Waals surface area contributed by atoms with E-state index >= 15 is 0 Å². The summed E-state index contributed by atoms with van der Waals surface area (Å²) in [5, 5.41) is 3.12. The monoisotopic (exact) mass is 470 g/mol. The number of aryl methyl sites for hydroxylation is 3. The van der Waals surface area contributed by atoms with E-state index in [1.54, 1.807) is 4.90 Å². The Morgan fingerprint density at radius 2 is 1.46 bits per heavy atom. The maximum Gasteiger partial charge on any atom is 0.243 e. The molecule has 0 aliphatic rings. The third-order valence-electron chi connectivity index (χ3n) is 6.09. The van der Waals surface area contributed by atoms with E-state index < -0.39 is 11.6 Å². The minimum Gasteiger partial charge on any atom is -0.350 e. The maximum atomic E-state index is 13.9. The van der Waals surface area contributed by atoms with Crippen molar-refractivity contribution in [3.8, 4) is 0 Å². The molecule has 184 valence electrons. The summed E-state index contributed by atoms with van der Waals surface area (Å²) in [4.78, 5) is 29.3. The number of carbonyl (C=O) groups is 2. The minimum absolute atomic E-state index is 0.0516. The Kier molecular flexibility index (Phi) is 8.50. The topological polar surface area (TPSA) is 49.4 Å². The van der Waals surface area contributed by atoms with Gasteiger partial charge in [-0.25, -0.2) is 0 Å². The molecule has 0 fully saturated rings. The van der Waals surface area contributed by atoms with E-state index in [-0.39, 0.29) is 18.2 Å². The van der Waals surface area contributed by atoms with E-state index in [1.165, 1.54) is 0 Å². The normalized spacial score (nSPS) is 12.2. The standard InChI is InChI=1S/C31H38N2O2/c1-22-13-16-26(17-14-22)21-33(29(34)20-27-18-23(2)12-15-24(27)3)28(30(35)32-31(4,5)6)19-25-10-8-7-9-11-25/h7-18,28H,19-21H2,1-6H3,(H,32,35)/t28-/m0/s1. The number of carbonyl (C=O) groups excluding carboxylic acids is 2.